The van der Waals surface area contributed by atoms with Gasteiger partial charge >= 0.3 is 5.69 Å². The van der Waals surface area contributed by atoms with Crippen LogP contribution >= 0.6 is 0 Å². The van der Waals surface area contributed by atoms with Crippen LogP contribution in [0.4, 0.5) is 5.69 Å². The Bertz CT molecular complexity index is 841. The number of nitro groups is 1. The zero-order valence-electron chi connectivity index (χ0n) is 12.0. The highest BCUT2D eigenvalue weighted by Gasteiger charge is 2.15. The van der Waals surface area contributed by atoms with E-state index < -0.39 is 4.92 Å². The second-order valence-corrected chi connectivity index (χ2v) is 4.92. The van der Waals surface area contributed by atoms with E-state index in [1.165, 1.54) is 7.11 Å². The van der Waals surface area contributed by atoms with Crippen molar-refractivity contribution in [2.45, 2.75) is 6.42 Å². The van der Waals surface area contributed by atoms with Gasteiger partial charge in [-0.3, -0.25) is 15.1 Å². The molecule has 0 atom stereocenters. The van der Waals surface area contributed by atoms with Crippen molar-refractivity contribution in [3.63, 3.8) is 0 Å². The lowest BCUT2D eigenvalue weighted by atomic mass is 10.0. The van der Waals surface area contributed by atoms with Gasteiger partial charge in [-0.1, -0.05) is 30.3 Å². The standard InChI is InChI=1S/C17H14N2O3/c1-22-17-7-6-12(11-16(17)19(20)21)10-15-14-5-3-2-4-13(14)8-9-18-15/h2-9,11H,10H2,1H3. The maximum absolute atomic E-state index is 11.1. The third kappa shape index (κ3) is 2.61. The SMILES string of the molecule is COc1ccc(Cc2nccc3ccccc23)cc1[N+](=O)[O-]. The minimum Gasteiger partial charge on any atom is -0.490 e. The van der Waals surface area contributed by atoms with E-state index in [2.05, 4.69) is 4.98 Å². The number of pyridine rings is 1. The molecule has 110 valence electrons. The fourth-order valence-electron chi connectivity index (χ4n) is 2.50. The predicted octanol–water partition coefficient (Wildman–Crippen LogP) is 3.74. The zero-order chi connectivity index (χ0) is 15.5. The average Bonchev–Trinajstić information content (AvgIpc) is 2.55. The Morgan fingerprint density at radius 2 is 2.00 bits per heavy atom. The summed E-state index contributed by atoms with van der Waals surface area (Å²) in [5.41, 5.74) is 1.70. The first-order chi connectivity index (χ1) is 10.7. The van der Waals surface area contributed by atoms with Crippen molar-refractivity contribution in [3.05, 3.63) is 76.1 Å². The van der Waals surface area contributed by atoms with E-state index in [-0.39, 0.29) is 11.4 Å². The van der Waals surface area contributed by atoms with Gasteiger partial charge in [0.15, 0.2) is 5.75 Å². The number of aromatic nitrogens is 1. The van der Waals surface area contributed by atoms with Gasteiger partial charge in [-0.2, -0.15) is 0 Å². The summed E-state index contributed by atoms with van der Waals surface area (Å²) >= 11 is 0. The van der Waals surface area contributed by atoms with Crippen LogP contribution in [-0.2, 0) is 6.42 Å². The van der Waals surface area contributed by atoms with Crippen molar-refractivity contribution in [2.24, 2.45) is 0 Å². The van der Waals surface area contributed by atoms with E-state index in [1.54, 1.807) is 18.3 Å². The summed E-state index contributed by atoms with van der Waals surface area (Å²) in [6.07, 6.45) is 2.29. The molecule has 3 aromatic rings. The molecule has 0 unspecified atom stereocenters. The lowest BCUT2D eigenvalue weighted by Gasteiger charge is -2.07. The Kier molecular flexibility index (Phi) is 3.70. The Morgan fingerprint density at radius 1 is 1.18 bits per heavy atom. The predicted molar refractivity (Wildman–Crippen MR) is 84.2 cm³/mol. The summed E-state index contributed by atoms with van der Waals surface area (Å²) in [6.45, 7) is 0. The summed E-state index contributed by atoms with van der Waals surface area (Å²) in [5.74, 6) is 0.264. The van der Waals surface area contributed by atoms with Crippen molar-refractivity contribution in [1.29, 1.82) is 0 Å². The fourth-order valence-corrected chi connectivity index (χ4v) is 2.50. The third-order valence-corrected chi connectivity index (χ3v) is 3.57. The molecule has 1 heterocycles. The van der Waals surface area contributed by atoms with Crippen molar-refractivity contribution in [1.82, 2.24) is 4.98 Å². The van der Waals surface area contributed by atoms with Crippen LogP contribution < -0.4 is 4.74 Å². The van der Waals surface area contributed by atoms with Gasteiger partial charge in [-0.05, 0) is 23.1 Å². The molecule has 3 rings (SSSR count). The molecule has 0 bridgehead atoms. The van der Waals surface area contributed by atoms with Crippen LogP contribution in [0.25, 0.3) is 10.8 Å². The number of ether oxygens (including phenoxy) is 1. The normalized spacial score (nSPS) is 10.6. The monoisotopic (exact) mass is 294 g/mol. The van der Waals surface area contributed by atoms with Crippen molar-refractivity contribution < 1.29 is 9.66 Å². The van der Waals surface area contributed by atoms with Gasteiger partial charge in [0, 0.05) is 24.1 Å². The Hall–Kier alpha value is -2.95. The largest absolute Gasteiger partial charge is 0.490 e. The highest BCUT2D eigenvalue weighted by atomic mass is 16.6. The van der Waals surface area contributed by atoms with E-state index in [0.29, 0.717) is 6.42 Å². The molecule has 0 fully saturated rings. The highest BCUT2D eigenvalue weighted by Crippen LogP contribution is 2.29. The van der Waals surface area contributed by atoms with Gasteiger partial charge in [0.1, 0.15) is 0 Å². The second kappa shape index (κ2) is 5.81. The molecule has 0 amide bonds. The lowest BCUT2D eigenvalue weighted by Crippen LogP contribution is -1.98. The number of fused-ring (bicyclic) bond motifs is 1. The number of rotatable bonds is 4. The van der Waals surface area contributed by atoms with E-state index in [9.17, 15) is 10.1 Å². The maximum Gasteiger partial charge on any atom is 0.311 e. The van der Waals surface area contributed by atoms with Crippen molar-refractivity contribution in [3.8, 4) is 5.75 Å². The topological polar surface area (TPSA) is 65.3 Å². The number of hydrogen-bond acceptors (Lipinski definition) is 4. The Labute approximate surface area is 127 Å². The van der Waals surface area contributed by atoms with Crippen molar-refractivity contribution >= 4 is 16.5 Å². The second-order valence-electron chi connectivity index (χ2n) is 4.92. The van der Waals surface area contributed by atoms with Gasteiger partial charge in [-0.15, -0.1) is 0 Å². The lowest BCUT2D eigenvalue weighted by molar-refractivity contribution is -0.385. The minimum absolute atomic E-state index is 0.0276. The van der Waals surface area contributed by atoms with Crippen LogP contribution in [0.3, 0.4) is 0 Å². The molecule has 0 N–H and O–H groups in total. The van der Waals surface area contributed by atoms with E-state index in [0.717, 1.165) is 22.0 Å². The molecule has 0 spiro atoms. The fraction of sp³-hybridized carbons (Fsp3) is 0.118. The summed E-state index contributed by atoms with van der Waals surface area (Å²) in [4.78, 5) is 15.1. The number of hydrogen-bond donors (Lipinski definition) is 0. The molecule has 1 aromatic heterocycles. The minimum atomic E-state index is -0.432. The summed E-state index contributed by atoms with van der Waals surface area (Å²) in [5, 5.41) is 13.3. The van der Waals surface area contributed by atoms with E-state index in [1.807, 2.05) is 36.4 Å². The summed E-state index contributed by atoms with van der Waals surface area (Å²) in [7, 11) is 1.42. The van der Waals surface area contributed by atoms with Gasteiger partial charge < -0.3 is 4.74 Å². The van der Waals surface area contributed by atoms with Crippen LogP contribution in [0.2, 0.25) is 0 Å². The number of benzene rings is 2. The van der Waals surface area contributed by atoms with Gasteiger partial charge in [0.05, 0.1) is 17.7 Å². The zero-order valence-corrected chi connectivity index (χ0v) is 12.0. The van der Waals surface area contributed by atoms with Gasteiger partial charge in [0.25, 0.3) is 0 Å². The summed E-state index contributed by atoms with van der Waals surface area (Å²) in [6, 6.07) is 14.9. The smallest absolute Gasteiger partial charge is 0.311 e. The highest BCUT2D eigenvalue weighted by molar-refractivity contribution is 5.84. The van der Waals surface area contributed by atoms with Crippen molar-refractivity contribution in [2.75, 3.05) is 7.11 Å². The molecule has 2 aromatic carbocycles. The van der Waals surface area contributed by atoms with Crippen LogP contribution in [0.1, 0.15) is 11.3 Å². The molecule has 0 saturated heterocycles. The molecule has 22 heavy (non-hydrogen) atoms. The molecule has 0 aliphatic heterocycles. The average molecular weight is 294 g/mol. The Morgan fingerprint density at radius 3 is 2.77 bits per heavy atom. The molecular weight excluding hydrogens is 280 g/mol. The molecule has 5 nitrogen and oxygen atoms in total. The van der Waals surface area contributed by atoms with Gasteiger partial charge in [0.2, 0.25) is 0 Å². The molecule has 0 aliphatic carbocycles. The number of nitrogens with zero attached hydrogens (tertiary/aromatic N) is 2. The van der Waals surface area contributed by atoms with Crippen LogP contribution in [0, 0.1) is 10.1 Å². The quantitative estimate of drug-likeness (QED) is 0.543. The maximum atomic E-state index is 11.1. The number of methoxy groups -OCH3 is 1. The Balaban J connectivity index is 2.02. The van der Waals surface area contributed by atoms with Crippen LogP contribution in [0.15, 0.2) is 54.7 Å². The molecule has 0 saturated carbocycles. The first-order valence-corrected chi connectivity index (χ1v) is 6.83. The van der Waals surface area contributed by atoms with Crippen LogP contribution in [-0.4, -0.2) is 17.0 Å². The van der Waals surface area contributed by atoms with E-state index >= 15 is 0 Å². The summed E-state index contributed by atoms with van der Waals surface area (Å²) < 4.78 is 5.02. The van der Waals surface area contributed by atoms with E-state index in [4.69, 9.17) is 4.74 Å². The van der Waals surface area contributed by atoms with Gasteiger partial charge in [-0.25, -0.2) is 0 Å². The van der Waals surface area contributed by atoms with Crippen LogP contribution in [0.5, 0.6) is 5.75 Å². The third-order valence-electron chi connectivity index (χ3n) is 3.57. The number of nitro benzene ring substituents is 1. The molecule has 0 radical (unpaired) electrons. The first-order valence-electron chi connectivity index (χ1n) is 6.83. The molecular formula is C17H14N2O3. The molecule has 0 aliphatic rings. The first kappa shape index (κ1) is 14.0. The molecule has 5 heteroatoms.